The van der Waals surface area contributed by atoms with Gasteiger partial charge >= 0.3 is 0 Å². The van der Waals surface area contributed by atoms with E-state index >= 15 is 0 Å². The van der Waals surface area contributed by atoms with Gasteiger partial charge in [0, 0.05) is 11.3 Å². The molecule has 2 N–H and O–H groups in total. The molecule has 5 nitrogen and oxygen atoms in total. The normalized spacial score (nSPS) is 10.7. The summed E-state index contributed by atoms with van der Waals surface area (Å²) in [6.07, 6.45) is 0. The van der Waals surface area contributed by atoms with Gasteiger partial charge in [-0.1, -0.05) is 18.2 Å². The number of nitrogens with zero attached hydrogens (tertiary/aromatic N) is 4. The predicted molar refractivity (Wildman–Crippen MR) is 78.5 cm³/mol. The summed E-state index contributed by atoms with van der Waals surface area (Å²) in [4.78, 5) is 0. The lowest BCUT2D eigenvalue weighted by Crippen LogP contribution is -2.02. The van der Waals surface area contributed by atoms with Crippen LogP contribution >= 0.6 is 0 Å². The minimum absolute atomic E-state index is 0.711. The van der Waals surface area contributed by atoms with Crippen LogP contribution < -0.4 is 5.73 Å². The molecule has 0 aliphatic carbocycles. The number of benzene rings is 2. The molecule has 0 fully saturated rings. The summed E-state index contributed by atoms with van der Waals surface area (Å²) in [5.74, 6) is 0.711. The van der Waals surface area contributed by atoms with Crippen LogP contribution in [0.5, 0.6) is 0 Å². The molecule has 1 heterocycles. The Morgan fingerprint density at radius 2 is 1.80 bits per heavy atom. The van der Waals surface area contributed by atoms with E-state index in [4.69, 9.17) is 5.73 Å². The number of anilines is 1. The molecule has 100 valence electrons. The summed E-state index contributed by atoms with van der Waals surface area (Å²) in [5, 5.41) is 12.0. The van der Waals surface area contributed by atoms with E-state index in [1.165, 1.54) is 0 Å². The minimum Gasteiger partial charge on any atom is -0.399 e. The standard InChI is InChI=1S/C15H15N5/c1-10-5-3-4-6-14(10)20-15(17-18-19-20)12-7-8-13(16)11(2)9-12/h3-9H,16H2,1-2H3. The molecule has 0 aliphatic heterocycles. The van der Waals surface area contributed by atoms with Gasteiger partial charge in [0.15, 0.2) is 5.82 Å². The zero-order chi connectivity index (χ0) is 14.1. The van der Waals surface area contributed by atoms with Crippen LogP contribution in [-0.4, -0.2) is 20.2 Å². The second kappa shape index (κ2) is 4.77. The monoisotopic (exact) mass is 265 g/mol. The van der Waals surface area contributed by atoms with Crippen molar-refractivity contribution in [3.63, 3.8) is 0 Å². The van der Waals surface area contributed by atoms with Crippen molar-refractivity contribution in [1.29, 1.82) is 0 Å². The van der Waals surface area contributed by atoms with E-state index in [9.17, 15) is 0 Å². The van der Waals surface area contributed by atoms with Gasteiger partial charge in [0.2, 0.25) is 0 Å². The zero-order valence-electron chi connectivity index (χ0n) is 11.4. The highest BCUT2D eigenvalue weighted by Gasteiger charge is 2.12. The van der Waals surface area contributed by atoms with Gasteiger partial charge in [0.05, 0.1) is 5.69 Å². The van der Waals surface area contributed by atoms with Gasteiger partial charge in [-0.05, 0) is 59.7 Å². The highest BCUT2D eigenvalue weighted by atomic mass is 15.5. The number of rotatable bonds is 2. The molecule has 0 spiro atoms. The lowest BCUT2D eigenvalue weighted by atomic mass is 10.1. The molecule has 0 saturated carbocycles. The van der Waals surface area contributed by atoms with Gasteiger partial charge in [-0.25, -0.2) is 0 Å². The Morgan fingerprint density at radius 1 is 1.00 bits per heavy atom. The summed E-state index contributed by atoms with van der Waals surface area (Å²) in [5.41, 5.74) is 10.7. The van der Waals surface area contributed by atoms with Gasteiger partial charge in [-0.15, -0.1) is 5.10 Å². The van der Waals surface area contributed by atoms with Crippen molar-refractivity contribution in [1.82, 2.24) is 20.2 Å². The topological polar surface area (TPSA) is 69.6 Å². The Kier molecular flexibility index (Phi) is 2.95. The molecule has 0 saturated heterocycles. The van der Waals surface area contributed by atoms with E-state index in [-0.39, 0.29) is 0 Å². The SMILES string of the molecule is Cc1cc(-c2nnnn2-c2ccccc2C)ccc1N. The number of aromatic nitrogens is 4. The number of aryl methyl sites for hydroxylation is 2. The lowest BCUT2D eigenvalue weighted by Gasteiger charge is -2.08. The lowest BCUT2D eigenvalue weighted by molar-refractivity contribution is 0.787. The first-order valence-electron chi connectivity index (χ1n) is 6.37. The van der Waals surface area contributed by atoms with Crippen LogP contribution in [0.15, 0.2) is 42.5 Å². The van der Waals surface area contributed by atoms with Gasteiger partial charge in [-0.2, -0.15) is 4.68 Å². The highest BCUT2D eigenvalue weighted by molar-refractivity contribution is 5.63. The van der Waals surface area contributed by atoms with Crippen LogP contribution in [0.4, 0.5) is 5.69 Å². The fourth-order valence-electron chi connectivity index (χ4n) is 2.15. The first kappa shape index (κ1) is 12.3. The molecule has 1 aromatic heterocycles. The van der Waals surface area contributed by atoms with Crippen LogP contribution in [0.25, 0.3) is 17.1 Å². The highest BCUT2D eigenvalue weighted by Crippen LogP contribution is 2.24. The van der Waals surface area contributed by atoms with Gasteiger partial charge in [0.1, 0.15) is 0 Å². The molecule has 20 heavy (non-hydrogen) atoms. The summed E-state index contributed by atoms with van der Waals surface area (Å²) in [6, 6.07) is 13.8. The molecule has 0 bridgehead atoms. The fourth-order valence-corrected chi connectivity index (χ4v) is 2.15. The Morgan fingerprint density at radius 3 is 2.55 bits per heavy atom. The number of nitrogens with two attached hydrogens (primary N) is 1. The summed E-state index contributed by atoms with van der Waals surface area (Å²) in [6.45, 7) is 4.01. The van der Waals surface area contributed by atoms with Crippen molar-refractivity contribution in [3.8, 4) is 17.1 Å². The van der Waals surface area contributed by atoms with E-state index in [2.05, 4.69) is 15.5 Å². The van der Waals surface area contributed by atoms with Crippen LogP contribution in [-0.2, 0) is 0 Å². The fraction of sp³-hybridized carbons (Fsp3) is 0.133. The summed E-state index contributed by atoms with van der Waals surface area (Å²) in [7, 11) is 0. The van der Waals surface area contributed by atoms with Crippen molar-refractivity contribution in [2.24, 2.45) is 0 Å². The largest absolute Gasteiger partial charge is 0.399 e. The zero-order valence-corrected chi connectivity index (χ0v) is 11.4. The third kappa shape index (κ3) is 2.03. The summed E-state index contributed by atoms with van der Waals surface area (Å²) < 4.78 is 1.75. The first-order valence-corrected chi connectivity index (χ1v) is 6.37. The van der Waals surface area contributed by atoms with E-state index in [0.717, 1.165) is 28.1 Å². The van der Waals surface area contributed by atoms with E-state index < -0.39 is 0 Å². The Bertz CT molecular complexity index is 760. The van der Waals surface area contributed by atoms with Gasteiger partial charge in [0.25, 0.3) is 0 Å². The third-order valence-electron chi connectivity index (χ3n) is 3.34. The maximum atomic E-state index is 5.86. The van der Waals surface area contributed by atoms with Crippen molar-refractivity contribution < 1.29 is 0 Å². The molecule has 0 atom stereocenters. The molecule has 2 aromatic carbocycles. The summed E-state index contributed by atoms with van der Waals surface area (Å²) >= 11 is 0. The number of tetrazole rings is 1. The number of nitrogen functional groups attached to an aromatic ring is 1. The van der Waals surface area contributed by atoms with Crippen molar-refractivity contribution in [2.45, 2.75) is 13.8 Å². The molecule has 3 aromatic rings. The maximum absolute atomic E-state index is 5.86. The van der Waals surface area contributed by atoms with Gasteiger partial charge in [-0.3, -0.25) is 0 Å². The molecular weight excluding hydrogens is 250 g/mol. The second-order valence-electron chi connectivity index (χ2n) is 4.77. The quantitative estimate of drug-likeness (QED) is 0.723. The Balaban J connectivity index is 2.15. The van der Waals surface area contributed by atoms with Crippen LogP contribution in [0.1, 0.15) is 11.1 Å². The molecule has 3 rings (SSSR count). The molecule has 0 radical (unpaired) electrons. The molecule has 0 unspecified atom stereocenters. The molecular formula is C15H15N5. The minimum atomic E-state index is 0.711. The Labute approximate surface area is 117 Å². The van der Waals surface area contributed by atoms with Crippen LogP contribution in [0.2, 0.25) is 0 Å². The number of hydrogen-bond acceptors (Lipinski definition) is 4. The molecule has 0 aliphatic rings. The van der Waals surface area contributed by atoms with E-state index in [0.29, 0.717) is 5.82 Å². The van der Waals surface area contributed by atoms with Crippen molar-refractivity contribution >= 4 is 5.69 Å². The molecule has 0 amide bonds. The third-order valence-corrected chi connectivity index (χ3v) is 3.34. The predicted octanol–water partition coefficient (Wildman–Crippen LogP) is 2.53. The van der Waals surface area contributed by atoms with E-state index in [1.54, 1.807) is 4.68 Å². The average Bonchev–Trinajstić information content (AvgIpc) is 2.91. The first-order chi connectivity index (χ1) is 9.66. The maximum Gasteiger partial charge on any atom is 0.187 e. The van der Waals surface area contributed by atoms with Crippen molar-refractivity contribution in [2.75, 3.05) is 5.73 Å². The molecule has 5 heteroatoms. The number of hydrogen-bond donors (Lipinski definition) is 1. The van der Waals surface area contributed by atoms with Gasteiger partial charge < -0.3 is 5.73 Å². The van der Waals surface area contributed by atoms with Crippen LogP contribution in [0.3, 0.4) is 0 Å². The van der Waals surface area contributed by atoms with Crippen molar-refractivity contribution in [3.05, 3.63) is 53.6 Å². The second-order valence-corrected chi connectivity index (χ2v) is 4.77. The number of para-hydroxylation sites is 1. The Hall–Kier alpha value is -2.69. The van der Waals surface area contributed by atoms with E-state index in [1.807, 2.05) is 56.3 Å². The smallest absolute Gasteiger partial charge is 0.187 e. The average molecular weight is 265 g/mol. The van der Waals surface area contributed by atoms with Crippen LogP contribution in [0, 0.1) is 13.8 Å².